The molecule has 0 bridgehead atoms. The third-order valence-corrected chi connectivity index (χ3v) is 4.53. The van der Waals surface area contributed by atoms with Crippen LogP contribution in [0, 0.1) is 0 Å². The van der Waals surface area contributed by atoms with Gasteiger partial charge in [-0.1, -0.05) is 24.3 Å². The zero-order chi connectivity index (χ0) is 14.2. The maximum atomic E-state index is 9.22. The predicted octanol–water partition coefficient (Wildman–Crippen LogP) is 3.67. The van der Waals surface area contributed by atoms with E-state index >= 15 is 0 Å². The van der Waals surface area contributed by atoms with Crippen LogP contribution in [0.5, 0.6) is 0 Å². The molecule has 1 aliphatic carbocycles. The molecule has 4 rings (SSSR count). The lowest BCUT2D eigenvalue weighted by Crippen LogP contribution is -1.99. The Hall–Kier alpha value is -2.06. The van der Waals surface area contributed by atoms with Gasteiger partial charge in [0.1, 0.15) is 0 Å². The van der Waals surface area contributed by atoms with Gasteiger partial charge in [0.2, 0.25) is 0 Å². The van der Waals surface area contributed by atoms with Gasteiger partial charge in [0.25, 0.3) is 0 Å². The van der Waals surface area contributed by atoms with Gasteiger partial charge < -0.3 is 9.67 Å². The van der Waals surface area contributed by atoms with E-state index in [2.05, 4.69) is 47.2 Å². The van der Waals surface area contributed by atoms with E-state index in [4.69, 9.17) is 0 Å². The zero-order valence-electron chi connectivity index (χ0n) is 12.0. The summed E-state index contributed by atoms with van der Waals surface area (Å²) < 4.78 is 2.28. The summed E-state index contributed by atoms with van der Waals surface area (Å²) in [5.41, 5.74) is 6.64. The average Bonchev–Trinajstić information content (AvgIpc) is 3.13. The molecule has 2 heteroatoms. The van der Waals surface area contributed by atoms with Crippen molar-refractivity contribution in [3.63, 3.8) is 0 Å². The van der Waals surface area contributed by atoms with Gasteiger partial charge in [-0.25, -0.2) is 0 Å². The SMILES string of the molecule is OCc1ccc2c(ccn2Cc2ccc3c(c2)CCC3)c1. The second-order valence-corrected chi connectivity index (χ2v) is 5.95. The van der Waals surface area contributed by atoms with Crippen molar-refractivity contribution in [2.24, 2.45) is 0 Å². The topological polar surface area (TPSA) is 25.2 Å². The van der Waals surface area contributed by atoms with Crippen LogP contribution < -0.4 is 0 Å². The summed E-state index contributed by atoms with van der Waals surface area (Å²) in [6.07, 6.45) is 5.91. The van der Waals surface area contributed by atoms with Crippen LogP contribution in [0.25, 0.3) is 10.9 Å². The second kappa shape index (κ2) is 5.05. The van der Waals surface area contributed by atoms with Gasteiger partial charge in [-0.15, -0.1) is 0 Å². The highest BCUT2D eigenvalue weighted by molar-refractivity contribution is 5.81. The molecule has 1 aliphatic rings. The first-order valence-corrected chi connectivity index (χ1v) is 7.63. The number of hydrogen-bond acceptors (Lipinski definition) is 1. The molecular weight excluding hydrogens is 258 g/mol. The van der Waals surface area contributed by atoms with Gasteiger partial charge >= 0.3 is 0 Å². The Bertz CT molecular complexity index is 800. The lowest BCUT2D eigenvalue weighted by atomic mass is 10.1. The van der Waals surface area contributed by atoms with Crippen molar-refractivity contribution in [1.29, 1.82) is 0 Å². The fraction of sp³-hybridized carbons (Fsp3) is 0.263. The van der Waals surface area contributed by atoms with Crippen molar-refractivity contribution in [1.82, 2.24) is 4.57 Å². The number of fused-ring (bicyclic) bond motifs is 2. The monoisotopic (exact) mass is 277 g/mol. The predicted molar refractivity (Wildman–Crippen MR) is 85.4 cm³/mol. The summed E-state index contributed by atoms with van der Waals surface area (Å²) in [5.74, 6) is 0. The highest BCUT2D eigenvalue weighted by Crippen LogP contribution is 2.24. The van der Waals surface area contributed by atoms with E-state index in [9.17, 15) is 5.11 Å². The van der Waals surface area contributed by atoms with Gasteiger partial charge in [0, 0.05) is 18.3 Å². The molecule has 3 aromatic rings. The Labute approximate surface area is 124 Å². The molecule has 2 aromatic carbocycles. The van der Waals surface area contributed by atoms with Crippen molar-refractivity contribution < 1.29 is 5.11 Å². The molecule has 106 valence electrons. The Balaban J connectivity index is 1.68. The number of aromatic nitrogens is 1. The second-order valence-electron chi connectivity index (χ2n) is 5.95. The summed E-state index contributed by atoms with van der Waals surface area (Å²) >= 11 is 0. The van der Waals surface area contributed by atoms with Crippen molar-refractivity contribution in [3.8, 4) is 0 Å². The van der Waals surface area contributed by atoms with Crippen LogP contribution in [0.4, 0.5) is 0 Å². The molecule has 0 unspecified atom stereocenters. The Morgan fingerprint density at radius 2 is 1.76 bits per heavy atom. The molecule has 0 aliphatic heterocycles. The molecule has 0 fully saturated rings. The number of aryl methyl sites for hydroxylation is 2. The van der Waals surface area contributed by atoms with Crippen LogP contribution in [0.3, 0.4) is 0 Å². The molecule has 1 heterocycles. The third kappa shape index (κ3) is 2.26. The number of rotatable bonds is 3. The van der Waals surface area contributed by atoms with Gasteiger partial charge in [0.05, 0.1) is 6.61 Å². The fourth-order valence-corrected chi connectivity index (χ4v) is 3.41. The molecule has 0 saturated carbocycles. The number of nitrogens with zero attached hydrogens (tertiary/aromatic N) is 1. The quantitative estimate of drug-likeness (QED) is 0.776. The summed E-state index contributed by atoms with van der Waals surface area (Å²) in [5, 5.41) is 10.4. The normalized spacial score (nSPS) is 13.8. The van der Waals surface area contributed by atoms with Crippen LogP contribution >= 0.6 is 0 Å². The zero-order valence-corrected chi connectivity index (χ0v) is 12.0. The fourth-order valence-electron chi connectivity index (χ4n) is 3.41. The highest BCUT2D eigenvalue weighted by Gasteiger charge is 2.11. The lowest BCUT2D eigenvalue weighted by molar-refractivity contribution is 0.282. The third-order valence-electron chi connectivity index (χ3n) is 4.53. The Morgan fingerprint density at radius 3 is 2.67 bits per heavy atom. The van der Waals surface area contributed by atoms with Gasteiger partial charge in [-0.2, -0.15) is 0 Å². The number of aliphatic hydroxyl groups excluding tert-OH is 1. The molecule has 2 nitrogen and oxygen atoms in total. The molecular formula is C19H19NO. The van der Waals surface area contributed by atoms with E-state index in [0.29, 0.717) is 0 Å². The lowest BCUT2D eigenvalue weighted by Gasteiger charge is -2.08. The van der Waals surface area contributed by atoms with Gasteiger partial charge in [0.15, 0.2) is 0 Å². The van der Waals surface area contributed by atoms with Crippen molar-refractivity contribution >= 4 is 10.9 Å². The molecule has 0 spiro atoms. The Kier molecular flexibility index (Phi) is 3.04. The summed E-state index contributed by atoms with van der Waals surface area (Å²) in [4.78, 5) is 0. The van der Waals surface area contributed by atoms with Gasteiger partial charge in [-0.3, -0.25) is 0 Å². The molecule has 1 aromatic heterocycles. The largest absolute Gasteiger partial charge is 0.392 e. The van der Waals surface area contributed by atoms with E-state index in [1.54, 1.807) is 0 Å². The maximum absolute atomic E-state index is 9.22. The minimum Gasteiger partial charge on any atom is -0.392 e. The van der Waals surface area contributed by atoms with Crippen LogP contribution in [-0.2, 0) is 26.0 Å². The van der Waals surface area contributed by atoms with Crippen LogP contribution in [0.2, 0.25) is 0 Å². The van der Waals surface area contributed by atoms with Crippen LogP contribution in [0.1, 0.15) is 28.7 Å². The molecule has 0 atom stereocenters. The molecule has 21 heavy (non-hydrogen) atoms. The number of benzene rings is 2. The summed E-state index contributed by atoms with van der Waals surface area (Å²) in [7, 11) is 0. The first-order chi connectivity index (χ1) is 10.3. The first kappa shape index (κ1) is 12.7. The van der Waals surface area contributed by atoms with E-state index in [1.807, 2.05) is 6.07 Å². The van der Waals surface area contributed by atoms with Crippen molar-refractivity contribution in [3.05, 3.63) is 70.9 Å². The van der Waals surface area contributed by atoms with Crippen LogP contribution in [-0.4, -0.2) is 9.67 Å². The smallest absolute Gasteiger partial charge is 0.0682 e. The van der Waals surface area contributed by atoms with Crippen LogP contribution in [0.15, 0.2) is 48.7 Å². The average molecular weight is 277 g/mol. The summed E-state index contributed by atoms with van der Waals surface area (Å²) in [6, 6.07) is 15.2. The standard InChI is InChI=1S/C19H19NO/c21-13-15-5-7-19-18(11-15)8-9-20(19)12-14-4-6-16-2-1-3-17(16)10-14/h4-11,21H,1-3,12-13H2. The van der Waals surface area contributed by atoms with Crippen molar-refractivity contribution in [2.45, 2.75) is 32.4 Å². The van der Waals surface area contributed by atoms with E-state index in [0.717, 1.165) is 12.1 Å². The minimum atomic E-state index is 0.103. The van der Waals surface area contributed by atoms with E-state index < -0.39 is 0 Å². The number of hydrogen-bond donors (Lipinski definition) is 1. The number of aliphatic hydroxyl groups is 1. The molecule has 0 saturated heterocycles. The molecule has 0 amide bonds. The first-order valence-electron chi connectivity index (χ1n) is 7.63. The van der Waals surface area contributed by atoms with Crippen molar-refractivity contribution in [2.75, 3.05) is 0 Å². The summed E-state index contributed by atoms with van der Waals surface area (Å²) in [6.45, 7) is 1.02. The minimum absolute atomic E-state index is 0.103. The van der Waals surface area contributed by atoms with E-state index in [1.165, 1.54) is 46.9 Å². The van der Waals surface area contributed by atoms with E-state index in [-0.39, 0.29) is 6.61 Å². The molecule has 1 N–H and O–H groups in total. The van der Waals surface area contributed by atoms with Gasteiger partial charge in [-0.05, 0) is 65.1 Å². The maximum Gasteiger partial charge on any atom is 0.0682 e. The molecule has 0 radical (unpaired) electrons. The highest BCUT2D eigenvalue weighted by atomic mass is 16.3. The Morgan fingerprint density at radius 1 is 0.905 bits per heavy atom.